The summed E-state index contributed by atoms with van der Waals surface area (Å²) in [7, 11) is 1.23. The van der Waals surface area contributed by atoms with Crippen molar-refractivity contribution in [1.29, 1.82) is 0 Å². The van der Waals surface area contributed by atoms with Crippen LogP contribution in [0.15, 0.2) is 0 Å². The molecule has 0 heterocycles. The summed E-state index contributed by atoms with van der Waals surface area (Å²) in [5.41, 5.74) is 0. The van der Waals surface area contributed by atoms with Crippen molar-refractivity contribution in [3.05, 3.63) is 0 Å². The molecule has 0 aromatic carbocycles. The van der Waals surface area contributed by atoms with Crippen LogP contribution in [0.3, 0.4) is 0 Å². The normalized spacial score (nSPS) is 19.2. The molecule has 0 aromatic heterocycles. The van der Waals surface area contributed by atoms with Gasteiger partial charge in [0.25, 0.3) is 0 Å². The molecule has 4 nitrogen and oxygen atoms in total. The Morgan fingerprint density at radius 3 is 2.64 bits per heavy atom. The van der Waals surface area contributed by atoms with E-state index in [4.69, 9.17) is 4.89 Å². The second-order valence-electron chi connectivity index (χ2n) is 1.73. The monoisotopic (exact) mass is 218 g/mol. The maximum Gasteiger partial charge on any atom is 0.337 e. The number of hydrogen-bond acceptors (Lipinski definition) is 4. The molecular formula is C4H11O4PS2. The molecule has 0 saturated carbocycles. The van der Waals surface area contributed by atoms with Crippen molar-refractivity contribution in [2.75, 3.05) is 12.9 Å². The van der Waals surface area contributed by atoms with Gasteiger partial charge in [-0.2, -0.15) is 0 Å². The Bertz CT molecular complexity index is 183. The van der Waals surface area contributed by atoms with E-state index in [0.717, 1.165) is 0 Å². The van der Waals surface area contributed by atoms with Gasteiger partial charge < -0.3 is 9.42 Å². The van der Waals surface area contributed by atoms with E-state index in [1.54, 1.807) is 0 Å². The van der Waals surface area contributed by atoms with Crippen molar-refractivity contribution in [2.45, 2.75) is 13.3 Å². The van der Waals surface area contributed by atoms with E-state index >= 15 is 0 Å². The van der Waals surface area contributed by atoms with E-state index in [0.29, 0.717) is 12.2 Å². The van der Waals surface area contributed by atoms with Crippen LogP contribution < -0.4 is 0 Å². The van der Waals surface area contributed by atoms with Crippen LogP contribution in [0.5, 0.6) is 0 Å². The van der Waals surface area contributed by atoms with Crippen LogP contribution in [-0.2, 0) is 31.4 Å². The summed E-state index contributed by atoms with van der Waals surface area (Å²) in [5.74, 6) is 0.363. The highest BCUT2D eigenvalue weighted by Crippen LogP contribution is 2.43. The molecule has 0 rings (SSSR count). The predicted molar refractivity (Wildman–Crippen MR) is 47.9 cm³/mol. The highest BCUT2D eigenvalue weighted by molar-refractivity contribution is 8.10. The highest BCUT2D eigenvalue weighted by Gasteiger charge is 2.16. The Morgan fingerprint density at radius 2 is 2.27 bits per heavy atom. The van der Waals surface area contributed by atoms with Crippen LogP contribution in [0, 0.1) is 0 Å². The zero-order valence-corrected chi connectivity index (χ0v) is 8.88. The van der Waals surface area contributed by atoms with E-state index in [1.807, 2.05) is 6.92 Å². The molecule has 0 fully saturated rings. The van der Waals surface area contributed by atoms with Crippen molar-refractivity contribution in [2.24, 2.45) is 0 Å². The van der Waals surface area contributed by atoms with Gasteiger partial charge in [0.2, 0.25) is 0 Å². The van der Waals surface area contributed by atoms with Gasteiger partial charge in [0.1, 0.15) is 0 Å². The molecule has 0 bridgehead atoms. The molecule has 0 aliphatic rings. The molecule has 0 saturated heterocycles. The summed E-state index contributed by atoms with van der Waals surface area (Å²) < 4.78 is 19.8. The van der Waals surface area contributed by atoms with Gasteiger partial charge in [-0.15, -0.1) is 0 Å². The molecule has 11 heavy (non-hydrogen) atoms. The Labute approximate surface area is 73.8 Å². The fourth-order valence-corrected chi connectivity index (χ4v) is 2.67. The molecule has 7 heteroatoms. The van der Waals surface area contributed by atoms with Crippen LogP contribution in [0.25, 0.3) is 0 Å². The SMILES string of the molecule is CCCS(=O)OP(O)(=S)OC. The standard InChI is InChI=1S/C4H11O4PS2/c1-3-4-11(6)8-9(5,10)7-2/h3-4H2,1-2H3,(H,5,10). The Morgan fingerprint density at radius 1 is 1.73 bits per heavy atom. The third-order valence-corrected chi connectivity index (χ3v) is 4.40. The Hall–Kier alpha value is 0.680. The van der Waals surface area contributed by atoms with Gasteiger partial charge in [-0.25, -0.2) is 8.18 Å². The van der Waals surface area contributed by atoms with Crippen molar-refractivity contribution < 1.29 is 17.6 Å². The van der Waals surface area contributed by atoms with E-state index in [-0.39, 0.29) is 0 Å². The van der Waals surface area contributed by atoms with Crippen molar-refractivity contribution in [3.63, 3.8) is 0 Å². The lowest BCUT2D eigenvalue weighted by atomic mass is 10.6. The predicted octanol–water partition coefficient (Wildman–Crippen LogP) is 0.940. The average molecular weight is 218 g/mol. The first-order chi connectivity index (χ1) is 5.02. The molecule has 0 spiro atoms. The Balaban J connectivity index is 3.84. The van der Waals surface area contributed by atoms with Crippen LogP contribution >= 0.6 is 6.72 Å². The molecule has 1 N–H and O–H groups in total. The second kappa shape index (κ2) is 5.35. The molecule has 0 aromatic rings. The van der Waals surface area contributed by atoms with Crippen molar-refractivity contribution >= 4 is 29.6 Å². The fourth-order valence-electron chi connectivity index (χ4n) is 0.339. The van der Waals surface area contributed by atoms with E-state index < -0.39 is 17.8 Å². The zero-order chi connectivity index (χ0) is 8.91. The fraction of sp³-hybridized carbons (Fsp3) is 1.00. The number of hydrogen-bond donors (Lipinski definition) is 1. The topological polar surface area (TPSA) is 55.8 Å². The molecule has 0 aliphatic heterocycles. The summed E-state index contributed by atoms with van der Waals surface area (Å²) in [4.78, 5) is 9.01. The lowest BCUT2D eigenvalue weighted by Crippen LogP contribution is -2.00. The van der Waals surface area contributed by atoms with E-state index in [2.05, 4.69) is 20.3 Å². The third kappa shape index (κ3) is 5.90. The first-order valence-corrected chi connectivity index (χ1v) is 6.82. The van der Waals surface area contributed by atoms with Crippen molar-refractivity contribution in [3.8, 4) is 0 Å². The van der Waals surface area contributed by atoms with Gasteiger partial charge in [0.05, 0.1) is 0 Å². The molecule has 68 valence electrons. The third-order valence-electron chi connectivity index (χ3n) is 0.779. The summed E-state index contributed by atoms with van der Waals surface area (Å²) >= 11 is 2.95. The zero-order valence-electron chi connectivity index (χ0n) is 6.35. The molecule has 2 atom stereocenters. The first-order valence-electron chi connectivity index (χ1n) is 2.99. The van der Waals surface area contributed by atoms with Gasteiger partial charge in [0, 0.05) is 12.9 Å². The minimum atomic E-state index is -3.23. The summed E-state index contributed by atoms with van der Waals surface area (Å²) in [6.07, 6.45) is 0.714. The van der Waals surface area contributed by atoms with Gasteiger partial charge in [-0.05, 0) is 18.2 Å². The van der Waals surface area contributed by atoms with E-state index in [1.165, 1.54) is 7.11 Å². The summed E-state index contributed by atoms with van der Waals surface area (Å²) in [6.45, 7) is -1.37. The quantitative estimate of drug-likeness (QED) is 0.696. The molecule has 0 aliphatic carbocycles. The smallest absolute Gasteiger partial charge is 0.324 e. The van der Waals surface area contributed by atoms with Crippen LogP contribution in [0.4, 0.5) is 0 Å². The van der Waals surface area contributed by atoms with Crippen molar-refractivity contribution in [1.82, 2.24) is 0 Å². The average Bonchev–Trinajstić information content (AvgIpc) is 1.87. The minimum absolute atomic E-state index is 0.363. The van der Waals surface area contributed by atoms with Gasteiger partial charge in [0.15, 0.2) is 11.1 Å². The molecular weight excluding hydrogens is 207 g/mol. The summed E-state index contributed by atoms with van der Waals surface area (Å²) in [5, 5.41) is 0. The second-order valence-corrected chi connectivity index (χ2v) is 6.03. The van der Waals surface area contributed by atoms with Crippen LogP contribution in [0.1, 0.15) is 13.3 Å². The summed E-state index contributed by atoms with van der Waals surface area (Å²) in [6, 6.07) is 0. The first kappa shape index (κ1) is 11.7. The molecule has 2 unspecified atom stereocenters. The molecule has 0 radical (unpaired) electrons. The minimum Gasteiger partial charge on any atom is -0.324 e. The Kier molecular flexibility index (Phi) is 5.68. The maximum atomic E-state index is 10.8. The number of rotatable bonds is 5. The van der Waals surface area contributed by atoms with Gasteiger partial charge >= 0.3 is 6.72 Å². The lowest BCUT2D eigenvalue weighted by Gasteiger charge is -2.10. The largest absolute Gasteiger partial charge is 0.337 e. The lowest BCUT2D eigenvalue weighted by molar-refractivity contribution is 0.321. The molecule has 0 amide bonds. The van der Waals surface area contributed by atoms with Crippen LogP contribution in [-0.4, -0.2) is 22.0 Å². The van der Waals surface area contributed by atoms with E-state index in [9.17, 15) is 4.21 Å². The van der Waals surface area contributed by atoms with Gasteiger partial charge in [-0.3, -0.25) is 0 Å². The highest BCUT2D eigenvalue weighted by atomic mass is 32.5. The van der Waals surface area contributed by atoms with Crippen LogP contribution in [0.2, 0.25) is 0 Å². The maximum absolute atomic E-state index is 10.8. The van der Waals surface area contributed by atoms with Gasteiger partial charge in [-0.1, -0.05) is 6.92 Å².